The van der Waals surface area contributed by atoms with Crippen LogP contribution in [0.15, 0.2) is 133 Å². The number of aromatic nitrogens is 3. The smallest absolute Gasteiger partial charge is 0.421 e. The molecule has 6 rings (SSSR count). The monoisotopic (exact) mass is 597 g/mol. The normalized spacial score (nSPS) is 15.1. The fourth-order valence-corrected chi connectivity index (χ4v) is 5.89. The number of aliphatic hydroxyl groups excluding tert-OH is 1. The summed E-state index contributed by atoms with van der Waals surface area (Å²) in [5.74, 6) is -0.221. The number of alkyl halides is 2. The van der Waals surface area contributed by atoms with Crippen molar-refractivity contribution in [1.82, 2.24) is 15.0 Å². The van der Waals surface area contributed by atoms with Gasteiger partial charge in [0.1, 0.15) is 22.9 Å². The molecule has 0 spiro atoms. The maximum Gasteiger partial charge on any atom is 0.442 e. The summed E-state index contributed by atoms with van der Waals surface area (Å²) in [4.78, 5) is 9.60. The molecule has 0 radical (unpaired) electrons. The number of benzene rings is 5. The maximum absolute atomic E-state index is 13.1. The molecule has 6 aromatic rings. The van der Waals surface area contributed by atoms with Crippen LogP contribution in [-0.4, -0.2) is 31.2 Å². The standard InChI is InChI=1S/C33H26F2N3O4P/c34-32(35)43(40,41)42-28-20-18-27(19-21-28)33(26-14-5-2-6-15-26,38-30-17-8-7-16-29(30)36-37-38)31(39)25-13-9-12-24(22-25)23-10-3-1-4-11-23/h1-22,31-32,39H,(H,40,41). The average Bonchev–Trinajstić information content (AvgIpc) is 3.47. The molecule has 43 heavy (non-hydrogen) atoms. The van der Waals surface area contributed by atoms with Crippen LogP contribution in [0.1, 0.15) is 22.8 Å². The van der Waals surface area contributed by atoms with E-state index in [2.05, 4.69) is 10.3 Å². The second-order valence-electron chi connectivity index (χ2n) is 9.97. The van der Waals surface area contributed by atoms with Crippen molar-refractivity contribution in [1.29, 1.82) is 0 Å². The summed E-state index contributed by atoms with van der Waals surface area (Å²) >= 11 is 0. The largest absolute Gasteiger partial charge is 0.442 e. The van der Waals surface area contributed by atoms with E-state index in [1.54, 1.807) is 16.8 Å². The van der Waals surface area contributed by atoms with Crippen molar-refractivity contribution >= 4 is 18.6 Å². The van der Waals surface area contributed by atoms with Crippen molar-refractivity contribution in [3.8, 4) is 16.9 Å². The number of fused-ring (bicyclic) bond motifs is 1. The van der Waals surface area contributed by atoms with Gasteiger partial charge in [-0.1, -0.05) is 108 Å². The van der Waals surface area contributed by atoms with E-state index < -0.39 is 25.4 Å². The zero-order chi connectivity index (χ0) is 30.0. The molecule has 3 unspecified atom stereocenters. The Balaban J connectivity index is 1.60. The Morgan fingerprint density at radius 1 is 0.744 bits per heavy atom. The molecular formula is C33H26F2N3O4P. The van der Waals surface area contributed by atoms with E-state index in [4.69, 9.17) is 4.52 Å². The highest BCUT2D eigenvalue weighted by Gasteiger charge is 2.46. The van der Waals surface area contributed by atoms with Gasteiger partial charge < -0.3 is 14.5 Å². The summed E-state index contributed by atoms with van der Waals surface area (Å²) in [6.07, 6.45) is -4.81. The second kappa shape index (κ2) is 11.5. The van der Waals surface area contributed by atoms with Gasteiger partial charge >= 0.3 is 13.8 Å². The van der Waals surface area contributed by atoms with Crippen LogP contribution in [-0.2, 0) is 10.1 Å². The molecule has 0 aliphatic heterocycles. The van der Waals surface area contributed by atoms with E-state index in [-0.39, 0.29) is 5.75 Å². The summed E-state index contributed by atoms with van der Waals surface area (Å²) in [5, 5.41) is 21.5. The van der Waals surface area contributed by atoms with Crippen LogP contribution in [0.25, 0.3) is 22.2 Å². The van der Waals surface area contributed by atoms with Crippen molar-refractivity contribution in [2.24, 2.45) is 0 Å². The fourth-order valence-electron chi connectivity index (χ4n) is 5.39. The summed E-state index contributed by atoms with van der Waals surface area (Å²) in [5.41, 5.74) is 3.44. The van der Waals surface area contributed by atoms with E-state index in [9.17, 15) is 23.3 Å². The van der Waals surface area contributed by atoms with Gasteiger partial charge in [0, 0.05) is 0 Å². The molecule has 0 aliphatic rings. The number of rotatable bonds is 9. The average molecular weight is 598 g/mol. The zero-order valence-corrected chi connectivity index (χ0v) is 23.5. The van der Waals surface area contributed by atoms with Gasteiger partial charge in [0.05, 0.1) is 5.52 Å². The lowest BCUT2D eigenvalue weighted by molar-refractivity contribution is 0.0781. The van der Waals surface area contributed by atoms with Crippen LogP contribution in [0.3, 0.4) is 0 Å². The van der Waals surface area contributed by atoms with Gasteiger partial charge in [0.2, 0.25) is 0 Å². The number of nitrogens with zero attached hydrogens (tertiary/aromatic N) is 3. The quantitative estimate of drug-likeness (QED) is 0.169. The van der Waals surface area contributed by atoms with Crippen LogP contribution in [0.4, 0.5) is 8.78 Å². The molecule has 10 heteroatoms. The number of halogens is 2. The molecule has 0 saturated heterocycles. The van der Waals surface area contributed by atoms with E-state index >= 15 is 0 Å². The number of hydrogen-bond donors (Lipinski definition) is 2. The highest BCUT2D eigenvalue weighted by atomic mass is 31.2. The predicted octanol–water partition coefficient (Wildman–Crippen LogP) is 7.41. The molecule has 0 bridgehead atoms. The summed E-state index contributed by atoms with van der Waals surface area (Å²) in [6, 6.07) is 39.8. The summed E-state index contributed by atoms with van der Waals surface area (Å²) < 4.78 is 44.5. The number of hydrogen-bond acceptors (Lipinski definition) is 5. The van der Waals surface area contributed by atoms with Crippen molar-refractivity contribution < 1.29 is 27.9 Å². The molecule has 0 fully saturated rings. The first-order valence-corrected chi connectivity index (χ1v) is 15.1. The van der Waals surface area contributed by atoms with Crippen molar-refractivity contribution in [2.75, 3.05) is 0 Å². The Kier molecular flexibility index (Phi) is 7.62. The van der Waals surface area contributed by atoms with Crippen LogP contribution in [0.2, 0.25) is 0 Å². The highest BCUT2D eigenvalue weighted by molar-refractivity contribution is 7.53. The van der Waals surface area contributed by atoms with Crippen LogP contribution >= 0.6 is 7.60 Å². The Hall–Kier alpha value is -4.69. The molecule has 1 aromatic heterocycles. The second-order valence-corrected chi connectivity index (χ2v) is 11.7. The minimum Gasteiger partial charge on any atom is -0.421 e. The molecule has 0 aliphatic carbocycles. The third-order valence-electron chi connectivity index (χ3n) is 7.38. The Labute approximate surface area is 246 Å². The molecule has 7 nitrogen and oxygen atoms in total. The lowest BCUT2D eigenvalue weighted by Crippen LogP contribution is -2.43. The fraction of sp³-hybridized carbons (Fsp3) is 0.0909. The Morgan fingerprint density at radius 2 is 1.35 bits per heavy atom. The predicted molar refractivity (Wildman–Crippen MR) is 160 cm³/mol. The first kappa shape index (κ1) is 28.4. The topological polar surface area (TPSA) is 97.5 Å². The van der Waals surface area contributed by atoms with Crippen molar-refractivity contribution in [2.45, 2.75) is 17.8 Å². The van der Waals surface area contributed by atoms with E-state index in [0.29, 0.717) is 27.7 Å². The SMILES string of the molecule is O=P(O)(Oc1ccc(C(c2ccccc2)(C(O)c2cccc(-c3ccccc3)c2)n2nnc3ccccc32)cc1)C(F)F. The third-order valence-corrected chi connectivity index (χ3v) is 8.35. The van der Waals surface area contributed by atoms with E-state index in [1.165, 1.54) is 12.1 Å². The van der Waals surface area contributed by atoms with Gasteiger partial charge in [-0.3, -0.25) is 0 Å². The number of aliphatic hydroxyl groups is 1. The first-order chi connectivity index (χ1) is 20.8. The van der Waals surface area contributed by atoms with Crippen LogP contribution in [0.5, 0.6) is 5.75 Å². The summed E-state index contributed by atoms with van der Waals surface area (Å²) in [6.45, 7) is 0. The lowest BCUT2D eigenvalue weighted by Gasteiger charge is -2.40. The van der Waals surface area contributed by atoms with Crippen LogP contribution in [0, 0.1) is 0 Å². The number of para-hydroxylation sites is 1. The van der Waals surface area contributed by atoms with Gasteiger partial charge in [-0.05, 0) is 58.1 Å². The molecule has 216 valence electrons. The highest BCUT2D eigenvalue weighted by Crippen LogP contribution is 2.50. The van der Waals surface area contributed by atoms with Gasteiger partial charge in [-0.15, -0.1) is 5.10 Å². The minimum absolute atomic E-state index is 0.221. The molecule has 0 saturated carbocycles. The van der Waals surface area contributed by atoms with Gasteiger partial charge in [-0.2, -0.15) is 8.78 Å². The van der Waals surface area contributed by atoms with Gasteiger partial charge in [0.25, 0.3) is 0 Å². The van der Waals surface area contributed by atoms with Crippen molar-refractivity contribution in [3.05, 3.63) is 150 Å². The van der Waals surface area contributed by atoms with E-state index in [1.807, 2.05) is 109 Å². The summed E-state index contributed by atoms with van der Waals surface area (Å²) in [7, 11) is -5.19. The van der Waals surface area contributed by atoms with Gasteiger partial charge in [0.15, 0.2) is 0 Å². The van der Waals surface area contributed by atoms with Gasteiger partial charge in [-0.25, -0.2) is 9.25 Å². The molecule has 2 N–H and O–H groups in total. The minimum atomic E-state index is -5.19. The molecule has 5 aromatic carbocycles. The molecular weight excluding hydrogens is 571 g/mol. The van der Waals surface area contributed by atoms with E-state index in [0.717, 1.165) is 11.1 Å². The molecule has 1 heterocycles. The molecule has 0 amide bonds. The Morgan fingerprint density at radius 3 is 2.05 bits per heavy atom. The molecule has 3 atom stereocenters. The first-order valence-electron chi connectivity index (χ1n) is 13.4. The maximum atomic E-state index is 13.1. The third kappa shape index (κ3) is 5.23. The van der Waals surface area contributed by atoms with Crippen molar-refractivity contribution in [3.63, 3.8) is 0 Å². The zero-order valence-electron chi connectivity index (χ0n) is 22.6. The van der Waals surface area contributed by atoms with Crippen LogP contribution < -0.4 is 4.52 Å². The Bertz CT molecular complexity index is 1900. The lowest BCUT2D eigenvalue weighted by atomic mass is 9.75.